The van der Waals surface area contributed by atoms with Crippen molar-refractivity contribution < 1.29 is 28.4 Å². The van der Waals surface area contributed by atoms with Crippen molar-refractivity contribution in [1.29, 1.82) is 0 Å². The quantitative estimate of drug-likeness (QED) is 0.179. The Kier molecular flexibility index (Phi) is 19.3. The smallest absolute Gasteiger partial charge is 0.341 e. The molecule has 24 heavy (non-hydrogen) atoms. The van der Waals surface area contributed by atoms with Crippen molar-refractivity contribution in [3.05, 3.63) is 0 Å². The first-order valence-corrected chi connectivity index (χ1v) is 13.2. The van der Waals surface area contributed by atoms with Crippen LogP contribution in [0.1, 0.15) is 6.42 Å². The van der Waals surface area contributed by atoms with Gasteiger partial charge in [-0.1, -0.05) is 0 Å². The summed E-state index contributed by atoms with van der Waals surface area (Å²) >= 11 is 17.3. The topological polar surface area (TPSA) is 55.4 Å². The Labute approximate surface area is 160 Å². The molecule has 6 nitrogen and oxygen atoms in total. The average Bonchev–Trinajstić information content (AvgIpc) is 2.52. The number of methoxy groups -OCH3 is 1. The van der Waals surface area contributed by atoms with Crippen LogP contribution in [0.2, 0.25) is 6.04 Å². The Hall–Kier alpha value is 0.847. The number of ether oxygens (including phenoxy) is 6. The Morgan fingerprint density at radius 2 is 0.875 bits per heavy atom. The summed E-state index contributed by atoms with van der Waals surface area (Å²) in [6, 6.07) is -1.88. The van der Waals surface area contributed by atoms with Crippen molar-refractivity contribution in [1.82, 2.24) is 0 Å². The molecule has 10 heteroatoms. The lowest BCUT2D eigenvalue weighted by molar-refractivity contribution is -0.0146. The van der Waals surface area contributed by atoms with Crippen LogP contribution in [0, 0.1) is 0 Å². The summed E-state index contributed by atoms with van der Waals surface area (Å²) in [4.78, 5) is 0. The van der Waals surface area contributed by atoms with Crippen molar-refractivity contribution in [2.75, 3.05) is 79.8 Å². The second kappa shape index (κ2) is 18.6. The minimum atomic E-state index is -2.50. The maximum atomic E-state index is 5.77. The molecule has 0 aliphatic rings. The Morgan fingerprint density at radius 3 is 1.21 bits per heavy atom. The van der Waals surface area contributed by atoms with Crippen molar-refractivity contribution in [2.45, 2.75) is 12.5 Å². The minimum absolute atomic E-state index is 0.532. The molecular weight excluding hydrogens is 399 g/mol. The highest BCUT2D eigenvalue weighted by Crippen LogP contribution is 2.26. The molecule has 0 aliphatic heterocycles. The van der Waals surface area contributed by atoms with E-state index in [-0.39, 0.29) is 0 Å². The van der Waals surface area contributed by atoms with Crippen LogP contribution >= 0.6 is 33.2 Å². The summed E-state index contributed by atoms with van der Waals surface area (Å²) in [6.07, 6.45) is 0.767. The number of hydrogen-bond acceptors (Lipinski definition) is 6. The molecule has 0 aliphatic carbocycles. The summed E-state index contributed by atoms with van der Waals surface area (Å²) in [5.74, 6) is 0. The Morgan fingerprint density at radius 1 is 0.542 bits per heavy atom. The van der Waals surface area contributed by atoms with Gasteiger partial charge in [-0.15, -0.1) is 33.2 Å². The molecule has 0 aromatic carbocycles. The molecule has 0 heterocycles. The molecule has 0 unspecified atom stereocenters. The monoisotopic (exact) mass is 426 g/mol. The van der Waals surface area contributed by atoms with Gasteiger partial charge in [0.05, 0.1) is 66.1 Å². The van der Waals surface area contributed by atoms with Crippen molar-refractivity contribution in [3.8, 4) is 0 Å². The maximum absolute atomic E-state index is 5.77. The van der Waals surface area contributed by atoms with E-state index >= 15 is 0 Å². The first-order chi connectivity index (χ1) is 11.6. The van der Waals surface area contributed by atoms with E-state index in [0.717, 1.165) is 6.42 Å². The summed E-state index contributed by atoms with van der Waals surface area (Å²) in [5, 5.41) is 0. The first-order valence-electron chi connectivity index (χ1n) is 8.00. The third-order valence-corrected chi connectivity index (χ3v) is 5.29. The van der Waals surface area contributed by atoms with Crippen LogP contribution in [0.5, 0.6) is 0 Å². The largest absolute Gasteiger partial charge is 0.382 e. The fourth-order valence-corrected chi connectivity index (χ4v) is 3.25. The van der Waals surface area contributed by atoms with Crippen LogP contribution in [0.4, 0.5) is 0 Å². The molecule has 0 saturated heterocycles. The maximum Gasteiger partial charge on any atom is 0.341 e. The molecular formula is C14H29Cl3O6Si. The zero-order valence-corrected chi connectivity index (χ0v) is 17.5. The predicted molar refractivity (Wildman–Crippen MR) is 98.7 cm³/mol. The SMILES string of the molecule is COCCOCCOCCOCCOCCOCCC[Si](Cl)(Cl)Cl. The van der Waals surface area contributed by atoms with Crippen molar-refractivity contribution >= 4 is 39.2 Å². The minimum Gasteiger partial charge on any atom is -0.382 e. The van der Waals surface area contributed by atoms with Gasteiger partial charge in [0.15, 0.2) is 0 Å². The van der Waals surface area contributed by atoms with Gasteiger partial charge in [-0.05, 0) is 12.5 Å². The highest BCUT2D eigenvalue weighted by Gasteiger charge is 2.23. The molecule has 0 rings (SSSR count). The molecule has 0 aromatic heterocycles. The molecule has 0 bridgehead atoms. The Bertz CT molecular complexity index is 259. The highest BCUT2D eigenvalue weighted by molar-refractivity contribution is 7.64. The highest BCUT2D eigenvalue weighted by atomic mass is 35.8. The third-order valence-electron chi connectivity index (χ3n) is 2.67. The van der Waals surface area contributed by atoms with Crippen LogP contribution in [-0.4, -0.2) is 85.8 Å². The van der Waals surface area contributed by atoms with Gasteiger partial charge in [-0.2, -0.15) is 0 Å². The number of rotatable bonds is 19. The molecule has 146 valence electrons. The lowest BCUT2D eigenvalue weighted by Gasteiger charge is -2.09. The normalized spacial score (nSPS) is 12.0. The van der Waals surface area contributed by atoms with Gasteiger partial charge in [0.25, 0.3) is 0 Å². The predicted octanol–water partition coefficient (Wildman–Crippen LogP) is 2.76. The average molecular weight is 428 g/mol. The molecule has 0 spiro atoms. The van der Waals surface area contributed by atoms with Gasteiger partial charge in [0.2, 0.25) is 0 Å². The number of hydrogen-bond donors (Lipinski definition) is 0. The van der Waals surface area contributed by atoms with Crippen LogP contribution in [0.15, 0.2) is 0 Å². The second-order valence-corrected chi connectivity index (χ2v) is 14.1. The first kappa shape index (κ1) is 24.8. The van der Waals surface area contributed by atoms with Crippen LogP contribution < -0.4 is 0 Å². The molecule has 0 saturated carbocycles. The van der Waals surface area contributed by atoms with Crippen LogP contribution in [0.25, 0.3) is 0 Å². The van der Waals surface area contributed by atoms with Gasteiger partial charge in [0, 0.05) is 13.7 Å². The fourth-order valence-electron chi connectivity index (χ4n) is 1.50. The lowest BCUT2D eigenvalue weighted by atomic mass is 10.5. The summed E-state index contributed by atoms with van der Waals surface area (Å²) in [7, 11) is 1.64. The van der Waals surface area contributed by atoms with Gasteiger partial charge in [-0.3, -0.25) is 0 Å². The van der Waals surface area contributed by atoms with E-state index in [4.69, 9.17) is 61.7 Å². The Balaban J connectivity index is 3.00. The van der Waals surface area contributed by atoms with E-state index < -0.39 is 6.00 Å². The molecule has 0 atom stereocenters. The van der Waals surface area contributed by atoms with Gasteiger partial charge in [-0.25, -0.2) is 0 Å². The van der Waals surface area contributed by atoms with E-state index in [2.05, 4.69) is 0 Å². The fraction of sp³-hybridized carbons (Fsp3) is 1.00. The van der Waals surface area contributed by atoms with Crippen molar-refractivity contribution in [3.63, 3.8) is 0 Å². The van der Waals surface area contributed by atoms with Crippen molar-refractivity contribution in [2.24, 2.45) is 0 Å². The van der Waals surface area contributed by atoms with E-state index in [1.54, 1.807) is 7.11 Å². The van der Waals surface area contributed by atoms with E-state index in [1.807, 2.05) is 0 Å². The standard InChI is InChI=1S/C14H29Cl3O6Si/c1-18-4-5-20-8-9-22-12-13-23-11-10-21-7-6-19-3-2-14-24(15,16)17/h2-14H2,1H3. The van der Waals surface area contributed by atoms with Gasteiger partial charge < -0.3 is 28.4 Å². The third kappa shape index (κ3) is 22.8. The molecule has 0 radical (unpaired) electrons. The summed E-state index contributed by atoms with van der Waals surface area (Å²) in [6.45, 7) is 6.12. The van der Waals surface area contributed by atoms with Crippen LogP contribution in [0.3, 0.4) is 0 Å². The van der Waals surface area contributed by atoms with Gasteiger partial charge >= 0.3 is 6.00 Å². The summed E-state index contributed by atoms with van der Waals surface area (Å²) in [5.41, 5.74) is 0. The lowest BCUT2D eigenvalue weighted by Crippen LogP contribution is -2.14. The molecule has 0 N–H and O–H groups in total. The summed E-state index contributed by atoms with van der Waals surface area (Å²) < 4.78 is 31.6. The van der Waals surface area contributed by atoms with E-state index in [9.17, 15) is 0 Å². The molecule has 0 aromatic rings. The number of halogens is 3. The molecule has 0 fully saturated rings. The zero-order valence-electron chi connectivity index (χ0n) is 14.3. The van der Waals surface area contributed by atoms with E-state index in [1.165, 1.54) is 0 Å². The zero-order chi connectivity index (χ0) is 17.9. The molecule has 0 amide bonds. The van der Waals surface area contributed by atoms with E-state index in [0.29, 0.717) is 78.7 Å². The van der Waals surface area contributed by atoms with Crippen LogP contribution in [-0.2, 0) is 28.4 Å². The van der Waals surface area contributed by atoms with Gasteiger partial charge in [0.1, 0.15) is 0 Å². The second-order valence-electron chi connectivity index (χ2n) is 4.77.